The Balaban J connectivity index is 2.35. The first kappa shape index (κ1) is 14.5. The van der Waals surface area contributed by atoms with Crippen molar-refractivity contribution in [1.29, 1.82) is 0 Å². The lowest BCUT2D eigenvalue weighted by Gasteiger charge is -2.08. The molecule has 0 fully saturated rings. The van der Waals surface area contributed by atoms with Gasteiger partial charge < -0.3 is 4.98 Å². The van der Waals surface area contributed by atoms with Gasteiger partial charge in [0.15, 0.2) is 0 Å². The van der Waals surface area contributed by atoms with Crippen LogP contribution in [0.2, 0.25) is 0 Å². The minimum Gasteiger partial charge on any atom is -0.306 e. The Morgan fingerprint density at radius 1 is 1.20 bits per heavy atom. The summed E-state index contributed by atoms with van der Waals surface area (Å²) in [6.07, 6.45) is 1.78. The highest BCUT2D eigenvalue weighted by atomic mass is 16.1. The molecule has 0 amide bonds. The molecule has 3 nitrogen and oxygen atoms in total. The molecule has 106 valence electrons. The number of H-pyrrole nitrogens is 1. The lowest BCUT2D eigenvalue weighted by atomic mass is 10.0. The highest BCUT2D eigenvalue weighted by Gasteiger charge is 2.08. The fraction of sp³-hybridized carbons (Fsp3) is 0.412. The zero-order chi connectivity index (χ0) is 14.7. The summed E-state index contributed by atoms with van der Waals surface area (Å²) in [5.41, 5.74) is 3.83. The van der Waals surface area contributed by atoms with Crippen LogP contribution in [0, 0.1) is 12.8 Å². The SMILES string of the molecule is CCc1c(C)nc(-c2ccc(CC(C)C)cc2)[nH]c1=O. The van der Waals surface area contributed by atoms with Crippen LogP contribution < -0.4 is 5.56 Å². The zero-order valence-corrected chi connectivity index (χ0v) is 12.7. The Kier molecular flexibility index (Phi) is 4.38. The molecule has 20 heavy (non-hydrogen) atoms. The van der Waals surface area contributed by atoms with Crippen molar-refractivity contribution in [3.63, 3.8) is 0 Å². The summed E-state index contributed by atoms with van der Waals surface area (Å²) in [5, 5.41) is 0. The molecule has 0 aliphatic heterocycles. The molecule has 2 rings (SSSR count). The predicted octanol–water partition coefficient (Wildman–Crippen LogP) is 3.51. The number of aromatic amines is 1. The molecule has 2 aromatic rings. The maximum Gasteiger partial charge on any atom is 0.254 e. The summed E-state index contributed by atoms with van der Waals surface area (Å²) in [6.45, 7) is 8.28. The average Bonchev–Trinajstić information content (AvgIpc) is 2.38. The van der Waals surface area contributed by atoms with Crippen LogP contribution in [-0.4, -0.2) is 9.97 Å². The number of nitrogens with one attached hydrogen (secondary N) is 1. The van der Waals surface area contributed by atoms with Gasteiger partial charge in [-0.05, 0) is 31.2 Å². The van der Waals surface area contributed by atoms with Gasteiger partial charge in [0.05, 0.1) is 0 Å². The van der Waals surface area contributed by atoms with Crippen LogP contribution in [0.3, 0.4) is 0 Å². The van der Waals surface area contributed by atoms with Crippen molar-refractivity contribution in [3.8, 4) is 11.4 Å². The van der Waals surface area contributed by atoms with E-state index in [1.54, 1.807) is 0 Å². The van der Waals surface area contributed by atoms with Crippen molar-refractivity contribution >= 4 is 0 Å². The molecular formula is C17H22N2O. The minimum absolute atomic E-state index is 0.0266. The Labute approximate surface area is 120 Å². The summed E-state index contributed by atoms with van der Waals surface area (Å²) in [7, 11) is 0. The second-order valence-corrected chi connectivity index (χ2v) is 5.63. The predicted molar refractivity (Wildman–Crippen MR) is 83.0 cm³/mol. The molecule has 1 aromatic carbocycles. The molecule has 0 aliphatic carbocycles. The third kappa shape index (κ3) is 3.16. The Hall–Kier alpha value is -1.90. The van der Waals surface area contributed by atoms with Crippen molar-refractivity contribution in [1.82, 2.24) is 9.97 Å². The van der Waals surface area contributed by atoms with Crippen LogP contribution >= 0.6 is 0 Å². The van der Waals surface area contributed by atoms with E-state index in [9.17, 15) is 4.79 Å². The van der Waals surface area contributed by atoms with Gasteiger partial charge in [-0.2, -0.15) is 0 Å². The number of nitrogens with zero attached hydrogens (tertiary/aromatic N) is 1. The maximum atomic E-state index is 12.0. The summed E-state index contributed by atoms with van der Waals surface area (Å²) in [6, 6.07) is 8.28. The lowest BCUT2D eigenvalue weighted by molar-refractivity contribution is 0.647. The fourth-order valence-corrected chi connectivity index (χ4v) is 2.43. The van der Waals surface area contributed by atoms with E-state index >= 15 is 0 Å². The molecule has 1 heterocycles. The molecule has 0 spiro atoms. The molecule has 0 saturated heterocycles. The van der Waals surface area contributed by atoms with Crippen LogP contribution in [0.1, 0.15) is 37.6 Å². The second kappa shape index (κ2) is 6.04. The van der Waals surface area contributed by atoms with Crippen LogP contribution in [-0.2, 0) is 12.8 Å². The molecule has 3 heteroatoms. The van der Waals surface area contributed by atoms with Crippen LogP contribution in [0.4, 0.5) is 0 Å². The minimum atomic E-state index is -0.0266. The smallest absolute Gasteiger partial charge is 0.254 e. The normalized spacial score (nSPS) is 11.1. The first-order valence-corrected chi connectivity index (χ1v) is 7.20. The van der Waals surface area contributed by atoms with E-state index in [4.69, 9.17) is 0 Å². The van der Waals surface area contributed by atoms with Crippen molar-refractivity contribution in [2.24, 2.45) is 5.92 Å². The number of benzene rings is 1. The molecule has 0 unspecified atom stereocenters. The van der Waals surface area contributed by atoms with Gasteiger partial charge >= 0.3 is 0 Å². The number of rotatable bonds is 4. The van der Waals surface area contributed by atoms with Gasteiger partial charge in [0.25, 0.3) is 5.56 Å². The number of hydrogen-bond acceptors (Lipinski definition) is 2. The number of aromatic nitrogens is 2. The van der Waals surface area contributed by atoms with E-state index in [0.717, 1.165) is 23.2 Å². The van der Waals surface area contributed by atoms with E-state index in [2.05, 4.69) is 35.9 Å². The highest BCUT2D eigenvalue weighted by molar-refractivity contribution is 5.55. The van der Waals surface area contributed by atoms with E-state index in [0.29, 0.717) is 18.2 Å². The van der Waals surface area contributed by atoms with Crippen molar-refractivity contribution in [2.45, 2.75) is 40.5 Å². The Bertz CT molecular complexity index is 639. The van der Waals surface area contributed by atoms with Crippen LogP contribution in [0.15, 0.2) is 29.1 Å². The molecule has 0 aliphatic rings. The third-order valence-electron chi connectivity index (χ3n) is 3.45. The first-order valence-electron chi connectivity index (χ1n) is 7.20. The molecule has 1 aromatic heterocycles. The van der Waals surface area contributed by atoms with Crippen LogP contribution in [0.25, 0.3) is 11.4 Å². The lowest BCUT2D eigenvalue weighted by Crippen LogP contribution is -2.16. The molecule has 0 atom stereocenters. The number of aryl methyl sites for hydroxylation is 1. The maximum absolute atomic E-state index is 12.0. The quantitative estimate of drug-likeness (QED) is 0.924. The average molecular weight is 270 g/mol. The van der Waals surface area contributed by atoms with Gasteiger partial charge in [-0.1, -0.05) is 45.0 Å². The zero-order valence-electron chi connectivity index (χ0n) is 12.7. The topological polar surface area (TPSA) is 45.8 Å². The van der Waals surface area contributed by atoms with Gasteiger partial charge in [0, 0.05) is 16.8 Å². The standard InChI is InChI=1S/C17H22N2O/c1-5-15-12(4)18-16(19-17(15)20)14-8-6-13(7-9-14)10-11(2)3/h6-9,11H,5,10H2,1-4H3,(H,18,19,20). The summed E-state index contributed by atoms with van der Waals surface area (Å²) in [5.74, 6) is 1.30. The van der Waals surface area contributed by atoms with E-state index < -0.39 is 0 Å². The molecule has 0 radical (unpaired) electrons. The van der Waals surface area contributed by atoms with E-state index in [-0.39, 0.29) is 5.56 Å². The summed E-state index contributed by atoms with van der Waals surface area (Å²) in [4.78, 5) is 19.4. The van der Waals surface area contributed by atoms with Gasteiger partial charge in [-0.15, -0.1) is 0 Å². The Morgan fingerprint density at radius 2 is 1.85 bits per heavy atom. The highest BCUT2D eigenvalue weighted by Crippen LogP contribution is 2.17. The second-order valence-electron chi connectivity index (χ2n) is 5.63. The van der Waals surface area contributed by atoms with E-state index in [1.807, 2.05) is 26.0 Å². The van der Waals surface area contributed by atoms with Crippen molar-refractivity contribution in [3.05, 3.63) is 51.4 Å². The largest absolute Gasteiger partial charge is 0.306 e. The van der Waals surface area contributed by atoms with Gasteiger partial charge in [-0.3, -0.25) is 4.79 Å². The first-order chi connectivity index (χ1) is 9.51. The van der Waals surface area contributed by atoms with Crippen molar-refractivity contribution in [2.75, 3.05) is 0 Å². The van der Waals surface area contributed by atoms with E-state index in [1.165, 1.54) is 5.56 Å². The Morgan fingerprint density at radius 3 is 2.35 bits per heavy atom. The number of hydrogen-bond donors (Lipinski definition) is 1. The monoisotopic (exact) mass is 270 g/mol. The third-order valence-corrected chi connectivity index (χ3v) is 3.45. The fourth-order valence-electron chi connectivity index (χ4n) is 2.43. The van der Waals surface area contributed by atoms with Crippen molar-refractivity contribution < 1.29 is 0 Å². The van der Waals surface area contributed by atoms with Gasteiger partial charge in [0.2, 0.25) is 0 Å². The molecule has 1 N–H and O–H groups in total. The van der Waals surface area contributed by atoms with Crippen LogP contribution in [0.5, 0.6) is 0 Å². The molecule has 0 saturated carbocycles. The van der Waals surface area contributed by atoms with Gasteiger partial charge in [-0.25, -0.2) is 4.98 Å². The molecule has 0 bridgehead atoms. The molecular weight excluding hydrogens is 248 g/mol. The summed E-state index contributed by atoms with van der Waals surface area (Å²) < 4.78 is 0. The van der Waals surface area contributed by atoms with Gasteiger partial charge in [0.1, 0.15) is 5.82 Å². The summed E-state index contributed by atoms with van der Waals surface area (Å²) >= 11 is 0.